The van der Waals surface area contributed by atoms with Gasteiger partial charge >= 0.3 is 0 Å². The van der Waals surface area contributed by atoms with Crippen LogP contribution in [0.5, 0.6) is 0 Å². The largest absolute Gasteiger partial charge is 0.329 e. The summed E-state index contributed by atoms with van der Waals surface area (Å²) in [6.45, 7) is 8.45. The Balaban J connectivity index is 1.93. The molecule has 2 atom stereocenters. The second-order valence-electron chi connectivity index (χ2n) is 5.77. The molecular weight excluding hydrogens is 236 g/mol. The minimum absolute atomic E-state index is 0.549. The van der Waals surface area contributed by atoms with Crippen LogP contribution in [0.15, 0.2) is 12.4 Å². The molecule has 108 valence electrons. The Labute approximate surface area is 117 Å². The van der Waals surface area contributed by atoms with Crippen LogP contribution in [0.4, 0.5) is 0 Å². The molecule has 2 rings (SSSR count). The van der Waals surface area contributed by atoms with E-state index in [4.69, 9.17) is 5.73 Å². The first-order valence-electron chi connectivity index (χ1n) is 7.72. The first kappa shape index (κ1) is 14.5. The first-order valence-corrected chi connectivity index (χ1v) is 7.72. The summed E-state index contributed by atoms with van der Waals surface area (Å²) in [6.07, 6.45) is 9.19. The van der Waals surface area contributed by atoms with Crippen molar-refractivity contribution < 1.29 is 0 Å². The number of hydrogen-bond donors (Lipinski definition) is 1. The topological polar surface area (TPSA) is 47.1 Å². The molecule has 0 aromatic carbocycles. The zero-order chi connectivity index (χ0) is 13.7. The summed E-state index contributed by atoms with van der Waals surface area (Å²) in [7, 11) is 0. The van der Waals surface area contributed by atoms with E-state index in [2.05, 4.69) is 30.0 Å². The van der Waals surface area contributed by atoms with Gasteiger partial charge in [-0.05, 0) is 31.7 Å². The zero-order valence-corrected chi connectivity index (χ0v) is 12.4. The second-order valence-corrected chi connectivity index (χ2v) is 5.77. The van der Waals surface area contributed by atoms with Crippen molar-refractivity contribution in [2.24, 2.45) is 11.7 Å². The minimum atomic E-state index is 0.549. The van der Waals surface area contributed by atoms with E-state index >= 15 is 0 Å². The van der Waals surface area contributed by atoms with E-state index in [1.54, 1.807) is 0 Å². The van der Waals surface area contributed by atoms with Crippen LogP contribution >= 0.6 is 0 Å². The van der Waals surface area contributed by atoms with Gasteiger partial charge in [-0.25, -0.2) is 0 Å². The molecule has 2 heterocycles. The van der Waals surface area contributed by atoms with E-state index in [0.717, 1.165) is 32.0 Å². The molecule has 0 aliphatic carbocycles. The molecule has 1 saturated heterocycles. The van der Waals surface area contributed by atoms with Gasteiger partial charge in [0.05, 0.1) is 6.20 Å². The lowest BCUT2D eigenvalue weighted by Crippen LogP contribution is -2.45. The third kappa shape index (κ3) is 3.80. The van der Waals surface area contributed by atoms with E-state index in [9.17, 15) is 0 Å². The molecule has 0 bridgehead atoms. The lowest BCUT2D eigenvalue weighted by Gasteiger charge is -2.38. The summed E-state index contributed by atoms with van der Waals surface area (Å²) in [5.41, 5.74) is 7.28. The Morgan fingerprint density at radius 1 is 1.42 bits per heavy atom. The summed E-state index contributed by atoms with van der Waals surface area (Å²) >= 11 is 0. The summed E-state index contributed by atoms with van der Waals surface area (Å²) < 4.78 is 2.05. The first-order chi connectivity index (χ1) is 9.26. The van der Waals surface area contributed by atoms with E-state index < -0.39 is 0 Å². The molecule has 1 fully saturated rings. The molecule has 0 spiro atoms. The quantitative estimate of drug-likeness (QED) is 0.857. The maximum atomic E-state index is 5.95. The van der Waals surface area contributed by atoms with Gasteiger partial charge in [-0.2, -0.15) is 5.10 Å². The number of aromatic nitrogens is 2. The monoisotopic (exact) mass is 264 g/mol. The third-order valence-electron chi connectivity index (χ3n) is 4.32. The molecule has 1 aliphatic heterocycles. The van der Waals surface area contributed by atoms with E-state index in [1.165, 1.54) is 31.4 Å². The van der Waals surface area contributed by atoms with E-state index in [-0.39, 0.29) is 0 Å². The number of nitrogens with two attached hydrogens (primary N) is 1. The van der Waals surface area contributed by atoms with Crippen LogP contribution in [-0.4, -0.2) is 33.8 Å². The van der Waals surface area contributed by atoms with Crippen LogP contribution in [0.2, 0.25) is 0 Å². The molecule has 1 aromatic rings. The highest BCUT2D eigenvalue weighted by Crippen LogP contribution is 2.26. The van der Waals surface area contributed by atoms with Crippen molar-refractivity contribution in [2.75, 3.05) is 13.1 Å². The second kappa shape index (κ2) is 7.06. The molecule has 0 amide bonds. The van der Waals surface area contributed by atoms with Crippen molar-refractivity contribution in [3.05, 3.63) is 18.0 Å². The normalized spacial score (nSPS) is 24.8. The molecule has 1 aliphatic rings. The van der Waals surface area contributed by atoms with Crippen LogP contribution in [-0.2, 0) is 13.1 Å². The SMILES string of the molecule is CCCn1cc(CN2CCC(CC)CC2CN)cn1. The molecule has 1 aromatic heterocycles. The lowest BCUT2D eigenvalue weighted by atomic mass is 9.89. The van der Waals surface area contributed by atoms with Gasteiger partial charge in [-0.1, -0.05) is 20.3 Å². The van der Waals surface area contributed by atoms with Gasteiger partial charge in [0, 0.05) is 37.4 Å². The van der Waals surface area contributed by atoms with Crippen LogP contribution in [0.1, 0.15) is 45.1 Å². The van der Waals surface area contributed by atoms with Gasteiger partial charge < -0.3 is 5.73 Å². The Kier molecular flexibility index (Phi) is 5.40. The molecule has 2 unspecified atom stereocenters. The molecule has 0 saturated carbocycles. The maximum absolute atomic E-state index is 5.95. The van der Waals surface area contributed by atoms with Gasteiger partial charge in [0.15, 0.2) is 0 Å². The number of hydrogen-bond acceptors (Lipinski definition) is 3. The summed E-state index contributed by atoms with van der Waals surface area (Å²) in [4.78, 5) is 2.54. The molecule has 4 nitrogen and oxygen atoms in total. The fourth-order valence-corrected chi connectivity index (χ4v) is 3.08. The smallest absolute Gasteiger partial charge is 0.0534 e. The number of piperidine rings is 1. The molecule has 19 heavy (non-hydrogen) atoms. The standard InChI is InChI=1S/C15H28N4/c1-3-6-19-12-14(10-17-19)11-18-7-5-13(4-2)8-15(18)9-16/h10,12-13,15H,3-9,11,16H2,1-2H3. The number of rotatable bonds is 6. The number of nitrogens with zero attached hydrogens (tertiary/aromatic N) is 3. The van der Waals surface area contributed by atoms with Crippen molar-refractivity contribution in [3.8, 4) is 0 Å². The highest BCUT2D eigenvalue weighted by Gasteiger charge is 2.26. The van der Waals surface area contributed by atoms with E-state index in [1.807, 2.05) is 10.9 Å². The molecule has 2 N–H and O–H groups in total. The number of likely N-dealkylation sites (tertiary alicyclic amines) is 1. The average Bonchev–Trinajstić information content (AvgIpc) is 2.87. The Hall–Kier alpha value is -0.870. The van der Waals surface area contributed by atoms with Crippen LogP contribution in [0, 0.1) is 5.92 Å². The minimum Gasteiger partial charge on any atom is -0.329 e. The summed E-state index contributed by atoms with van der Waals surface area (Å²) in [5, 5.41) is 4.41. The van der Waals surface area contributed by atoms with Crippen LogP contribution in [0.25, 0.3) is 0 Å². The fourth-order valence-electron chi connectivity index (χ4n) is 3.08. The molecule has 4 heteroatoms. The Morgan fingerprint density at radius 2 is 2.26 bits per heavy atom. The maximum Gasteiger partial charge on any atom is 0.0534 e. The lowest BCUT2D eigenvalue weighted by molar-refractivity contribution is 0.107. The summed E-state index contributed by atoms with van der Waals surface area (Å²) in [5.74, 6) is 0.868. The van der Waals surface area contributed by atoms with Crippen molar-refractivity contribution in [3.63, 3.8) is 0 Å². The highest BCUT2D eigenvalue weighted by molar-refractivity contribution is 5.04. The van der Waals surface area contributed by atoms with Crippen molar-refractivity contribution in [2.45, 2.75) is 58.7 Å². The zero-order valence-electron chi connectivity index (χ0n) is 12.4. The van der Waals surface area contributed by atoms with Crippen LogP contribution < -0.4 is 5.73 Å². The fraction of sp³-hybridized carbons (Fsp3) is 0.800. The average molecular weight is 264 g/mol. The predicted octanol–water partition coefficient (Wildman–Crippen LogP) is 2.24. The molecule has 0 radical (unpaired) electrons. The van der Waals surface area contributed by atoms with Crippen LogP contribution in [0.3, 0.4) is 0 Å². The third-order valence-corrected chi connectivity index (χ3v) is 4.32. The summed E-state index contributed by atoms with van der Waals surface area (Å²) in [6, 6.07) is 0.549. The van der Waals surface area contributed by atoms with E-state index in [0.29, 0.717) is 6.04 Å². The number of aryl methyl sites for hydroxylation is 1. The molecular formula is C15H28N4. The Bertz CT molecular complexity index is 374. The van der Waals surface area contributed by atoms with Gasteiger partial charge in [-0.3, -0.25) is 9.58 Å². The van der Waals surface area contributed by atoms with Gasteiger partial charge in [0.1, 0.15) is 0 Å². The van der Waals surface area contributed by atoms with Crippen molar-refractivity contribution in [1.29, 1.82) is 0 Å². The van der Waals surface area contributed by atoms with Gasteiger partial charge in [0.2, 0.25) is 0 Å². The van der Waals surface area contributed by atoms with Gasteiger partial charge in [0.25, 0.3) is 0 Å². The van der Waals surface area contributed by atoms with Crippen molar-refractivity contribution >= 4 is 0 Å². The predicted molar refractivity (Wildman–Crippen MR) is 78.8 cm³/mol. The van der Waals surface area contributed by atoms with Gasteiger partial charge in [-0.15, -0.1) is 0 Å². The highest BCUT2D eigenvalue weighted by atomic mass is 15.3. The van der Waals surface area contributed by atoms with Crippen molar-refractivity contribution in [1.82, 2.24) is 14.7 Å². The Morgan fingerprint density at radius 3 is 2.95 bits per heavy atom.